The average molecular weight is 377 g/mol. The number of amides is 1. The lowest BCUT2D eigenvalue weighted by atomic mass is 9.91. The molecule has 0 aliphatic carbocycles. The summed E-state index contributed by atoms with van der Waals surface area (Å²) in [5.74, 6) is 1.53. The van der Waals surface area contributed by atoms with Gasteiger partial charge in [0.05, 0.1) is 6.42 Å². The number of halogens is 1. The molecule has 0 spiro atoms. The number of carbonyl (C=O) groups is 1. The van der Waals surface area contributed by atoms with E-state index in [2.05, 4.69) is 24.9 Å². The minimum absolute atomic E-state index is 0. The molecular formula is C13H21ClN6O3S. The number of nitrogens with one attached hydrogen (secondary N) is 2. The van der Waals surface area contributed by atoms with Crippen molar-refractivity contribution in [2.45, 2.75) is 32.2 Å². The molecule has 0 radical (unpaired) electrons. The first-order chi connectivity index (χ1) is 10.8. The molecule has 1 atom stereocenters. The third kappa shape index (κ3) is 4.12. The Morgan fingerprint density at radius 1 is 1.38 bits per heavy atom. The van der Waals surface area contributed by atoms with E-state index in [1.165, 1.54) is 6.33 Å². The van der Waals surface area contributed by atoms with Crippen LogP contribution in [0, 0.1) is 5.92 Å². The normalized spacial score (nSPS) is 19.4. The fourth-order valence-corrected chi connectivity index (χ4v) is 3.96. The molecule has 2 aliphatic heterocycles. The highest BCUT2D eigenvalue weighted by atomic mass is 35.5. The van der Waals surface area contributed by atoms with Crippen LogP contribution in [0.15, 0.2) is 6.33 Å². The van der Waals surface area contributed by atoms with Crippen LogP contribution in [0.2, 0.25) is 0 Å². The molecule has 24 heavy (non-hydrogen) atoms. The molecule has 1 aromatic rings. The standard InChI is InChI=1S/C13H20N6O3S.ClH/c1-8(18-23(14,21)22)9-2-4-19(5-3-9)13-10-6-11(20)17-12(10)15-7-16-13;/h7-9,18H,2-6H2,1H3,(H2,14,21,22)(H,15,16,17,20);1H. The lowest BCUT2D eigenvalue weighted by molar-refractivity contribution is -0.115. The first kappa shape index (κ1) is 18.8. The molecule has 1 saturated heterocycles. The lowest BCUT2D eigenvalue weighted by Gasteiger charge is -2.36. The highest BCUT2D eigenvalue weighted by molar-refractivity contribution is 7.87. The monoisotopic (exact) mass is 376 g/mol. The molecule has 1 unspecified atom stereocenters. The minimum Gasteiger partial charge on any atom is -0.356 e. The highest BCUT2D eigenvalue weighted by Crippen LogP contribution is 2.31. The first-order valence-corrected chi connectivity index (χ1v) is 9.07. The number of hydrogen-bond donors (Lipinski definition) is 3. The molecule has 3 heterocycles. The van der Waals surface area contributed by atoms with Gasteiger partial charge in [-0.1, -0.05) is 0 Å². The number of hydrogen-bond acceptors (Lipinski definition) is 6. The van der Waals surface area contributed by atoms with E-state index in [1.807, 2.05) is 6.92 Å². The molecule has 1 amide bonds. The number of nitrogens with two attached hydrogens (primary N) is 1. The molecular weight excluding hydrogens is 356 g/mol. The van der Waals surface area contributed by atoms with E-state index in [-0.39, 0.29) is 30.3 Å². The van der Waals surface area contributed by atoms with Crippen molar-refractivity contribution in [3.8, 4) is 0 Å². The van der Waals surface area contributed by atoms with Gasteiger partial charge in [-0.05, 0) is 25.7 Å². The Balaban J connectivity index is 0.00000208. The molecule has 9 nitrogen and oxygen atoms in total. The summed E-state index contributed by atoms with van der Waals surface area (Å²) in [4.78, 5) is 22.1. The summed E-state index contributed by atoms with van der Waals surface area (Å²) in [5.41, 5.74) is 0.839. The van der Waals surface area contributed by atoms with Crippen molar-refractivity contribution < 1.29 is 13.2 Å². The molecule has 2 aliphatic rings. The molecule has 0 bridgehead atoms. The lowest BCUT2D eigenvalue weighted by Crippen LogP contribution is -2.46. The second-order valence-electron chi connectivity index (χ2n) is 6.03. The number of aromatic nitrogens is 2. The average Bonchev–Trinajstić information content (AvgIpc) is 2.85. The van der Waals surface area contributed by atoms with Crippen molar-refractivity contribution in [2.75, 3.05) is 23.3 Å². The summed E-state index contributed by atoms with van der Waals surface area (Å²) in [6, 6.07) is -0.202. The zero-order valence-electron chi connectivity index (χ0n) is 13.2. The number of rotatable bonds is 4. The van der Waals surface area contributed by atoms with Gasteiger partial charge in [0.25, 0.3) is 10.2 Å². The van der Waals surface area contributed by atoms with E-state index in [4.69, 9.17) is 5.14 Å². The second-order valence-corrected chi connectivity index (χ2v) is 7.35. The number of piperidine rings is 1. The van der Waals surface area contributed by atoms with Gasteiger partial charge >= 0.3 is 0 Å². The van der Waals surface area contributed by atoms with E-state index in [1.54, 1.807) is 0 Å². The van der Waals surface area contributed by atoms with E-state index in [9.17, 15) is 13.2 Å². The summed E-state index contributed by atoms with van der Waals surface area (Å²) >= 11 is 0. The van der Waals surface area contributed by atoms with E-state index >= 15 is 0 Å². The largest absolute Gasteiger partial charge is 0.356 e. The van der Waals surface area contributed by atoms with Crippen molar-refractivity contribution in [3.05, 3.63) is 11.9 Å². The number of fused-ring (bicyclic) bond motifs is 1. The van der Waals surface area contributed by atoms with Gasteiger partial charge in [0, 0.05) is 24.7 Å². The van der Waals surface area contributed by atoms with Crippen LogP contribution in [0.5, 0.6) is 0 Å². The minimum atomic E-state index is -3.68. The maximum atomic E-state index is 11.5. The SMILES string of the molecule is CC(NS(N)(=O)=O)C1CCN(c2ncnc3c2CC(=O)N3)CC1.Cl. The summed E-state index contributed by atoms with van der Waals surface area (Å²) in [6.45, 7) is 3.33. The van der Waals surface area contributed by atoms with Crippen LogP contribution in [-0.2, 0) is 21.4 Å². The van der Waals surface area contributed by atoms with Gasteiger partial charge in [-0.15, -0.1) is 12.4 Å². The molecule has 0 saturated carbocycles. The van der Waals surface area contributed by atoms with Gasteiger partial charge in [-0.3, -0.25) is 4.79 Å². The topological polar surface area (TPSA) is 130 Å². The van der Waals surface area contributed by atoms with Crippen LogP contribution in [0.1, 0.15) is 25.3 Å². The quantitative estimate of drug-likeness (QED) is 0.666. The van der Waals surface area contributed by atoms with Gasteiger partial charge in [0.15, 0.2) is 0 Å². The third-order valence-electron chi connectivity index (χ3n) is 4.41. The van der Waals surface area contributed by atoms with Crippen molar-refractivity contribution in [1.29, 1.82) is 0 Å². The van der Waals surface area contributed by atoms with Crippen LogP contribution in [0.3, 0.4) is 0 Å². The predicted octanol–water partition coefficient (Wildman–Crippen LogP) is -0.209. The maximum Gasteiger partial charge on any atom is 0.274 e. The van der Waals surface area contributed by atoms with Crippen LogP contribution in [0.25, 0.3) is 0 Å². The first-order valence-electron chi connectivity index (χ1n) is 7.52. The summed E-state index contributed by atoms with van der Waals surface area (Å²) < 4.78 is 24.7. The third-order valence-corrected chi connectivity index (χ3v) is 5.11. The van der Waals surface area contributed by atoms with Crippen molar-refractivity contribution in [3.63, 3.8) is 0 Å². The smallest absolute Gasteiger partial charge is 0.274 e. The zero-order chi connectivity index (χ0) is 16.6. The van der Waals surface area contributed by atoms with Crippen molar-refractivity contribution in [2.24, 2.45) is 11.1 Å². The molecule has 134 valence electrons. The summed E-state index contributed by atoms with van der Waals surface area (Å²) in [5, 5.41) is 7.75. The van der Waals surface area contributed by atoms with E-state index in [0.29, 0.717) is 12.2 Å². The molecule has 3 rings (SSSR count). The molecule has 0 aromatic carbocycles. The van der Waals surface area contributed by atoms with Crippen LogP contribution < -0.4 is 20.1 Å². The molecule has 11 heteroatoms. The Hall–Kier alpha value is -1.49. The van der Waals surface area contributed by atoms with Crippen molar-refractivity contribution >= 4 is 40.2 Å². The molecule has 1 aromatic heterocycles. The zero-order valence-corrected chi connectivity index (χ0v) is 14.9. The van der Waals surface area contributed by atoms with Crippen LogP contribution >= 0.6 is 12.4 Å². The Kier molecular flexibility index (Phi) is 5.63. The number of nitrogens with zero attached hydrogens (tertiary/aromatic N) is 3. The fraction of sp³-hybridized carbons (Fsp3) is 0.615. The maximum absolute atomic E-state index is 11.5. The fourth-order valence-electron chi connectivity index (χ4n) is 3.25. The van der Waals surface area contributed by atoms with Crippen LogP contribution in [0.4, 0.5) is 11.6 Å². The number of anilines is 2. The van der Waals surface area contributed by atoms with Gasteiger partial charge in [0.2, 0.25) is 5.91 Å². The van der Waals surface area contributed by atoms with E-state index in [0.717, 1.165) is 37.3 Å². The van der Waals surface area contributed by atoms with Gasteiger partial charge in [-0.2, -0.15) is 13.1 Å². The molecule has 1 fully saturated rings. The van der Waals surface area contributed by atoms with Gasteiger partial charge in [0.1, 0.15) is 18.0 Å². The van der Waals surface area contributed by atoms with Crippen molar-refractivity contribution in [1.82, 2.24) is 14.7 Å². The molecule has 4 N–H and O–H groups in total. The van der Waals surface area contributed by atoms with Gasteiger partial charge in [-0.25, -0.2) is 15.1 Å². The Morgan fingerprint density at radius 2 is 2.04 bits per heavy atom. The van der Waals surface area contributed by atoms with E-state index < -0.39 is 10.2 Å². The number of carbonyl (C=O) groups excluding carboxylic acids is 1. The summed E-state index contributed by atoms with van der Waals surface area (Å²) in [6.07, 6.45) is 3.40. The Bertz CT molecular complexity index is 720. The Morgan fingerprint density at radius 3 is 2.67 bits per heavy atom. The van der Waals surface area contributed by atoms with Crippen LogP contribution in [-0.4, -0.2) is 43.4 Å². The second kappa shape index (κ2) is 7.18. The predicted molar refractivity (Wildman–Crippen MR) is 92.3 cm³/mol. The summed E-state index contributed by atoms with van der Waals surface area (Å²) in [7, 11) is -3.68. The Labute approximate surface area is 147 Å². The van der Waals surface area contributed by atoms with Gasteiger partial charge < -0.3 is 10.2 Å². The highest BCUT2D eigenvalue weighted by Gasteiger charge is 2.30.